The highest BCUT2D eigenvalue weighted by atomic mass is 16.6. The number of esters is 1. The van der Waals surface area contributed by atoms with E-state index < -0.39 is 0 Å². The molecule has 0 rings (SSSR count). The van der Waals surface area contributed by atoms with Crippen molar-refractivity contribution in [2.75, 3.05) is 59.5 Å². The molecule has 0 aromatic heterocycles. The van der Waals surface area contributed by atoms with Gasteiger partial charge in [-0.25, -0.2) is 4.79 Å². The lowest BCUT2D eigenvalue weighted by molar-refractivity contribution is -0.140. The quantitative estimate of drug-likeness (QED) is 0.0564. The van der Waals surface area contributed by atoms with Crippen molar-refractivity contribution in [2.24, 2.45) is 0 Å². The van der Waals surface area contributed by atoms with Crippen LogP contribution in [0.25, 0.3) is 0 Å². The lowest BCUT2D eigenvalue weighted by Crippen LogP contribution is -2.14. The van der Waals surface area contributed by atoms with E-state index in [9.17, 15) is 4.79 Å². The third-order valence-corrected chi connectivity index (χ3v) is 6.07. The zero-order valence-electron chi connectivity index (χ0n) is 23.8. The molecule has 0 amide bonds. The molecule has 0 bridgehead atoms. The van der Waals surface area contributed by atoms with Crippen LogP contribution in [0.3, 0.4) is 0 Å². The number of ether oxygens (including phenoxy) is 5. The van der Waals surface area contributed by atoms with Gasteiger partial charge >= 0.3 is 5.97 Å². The summed E-state index contributed by atoms with van der Waals surface area (Å²) in [6.07, 6.45) is 22.2. The van der Waals surface area contributed by atoms with Gasteiger partial charge in [0.1, 0.15) is 6.61 Å². The fourth-order valence-electron chi connectivity index (χ4n) is 3.83. The van der Waals surface area contributed by atoms with E-state index >= 15 is 0 Å². The van der Waals surface area contributed by atoms with E-state index in [0.717, 1.165) is 13.0 Å². The predicted molar refractivity (Wildman–Crippen MR) is 149 cm³/mol. The molecule has 0 aliphatic rings. The minimum atomic E-state index is -0.388. The molecule has 0 spiro atoms. The monoisotopic (exact) mass is 514 g/mol. The maximum atomic E-state index is 11.2. The van der Waals surface area contributed by atoms with E-state index in [0.29, 0.717) is 51.8 Å². The molecule has 0 aromatic carbocycles. The zero-order chi connectivity index (χ0) is 26.4. The third kappa shape index (κ3) is 29.3. The van der Waals surface area contributed by atoms with E-state index in [1.165, 1.54) is 96.3 Å². The van der Waals surface area contributed by atoms with Crippen molar-refractivity contribution < 1.29 is 28.5 Å². The maximum Gasteiger partial charge on any atom is 0.333 e. The van der Waals surface area contributed by atoms with Gasteiger partial charge in [0, 0.05) is 12.2 Å². The van der Waals surface area contributed by atoms with Crippen molar-refractivity contribution in [1.29, 1.82) is 0 Å². The first-order chi connectivity index (χ1) is 17.7. The molecule has 0 aliphatic carbocycles. The van der Waals surface area contributed by atoms with Crippen LogP contribution in [0.15, 0.2) is 12.2 Å². The minimum absolute atomic E-state index is 0.230. The van der Waals surface area contributed by atoms with Crippen LogP contribution in [0.2, 0.25) is 0 Å². The summed E-state index contributed by atoms with van der Waals surface area (Å²) in [6.45, 7) is 12.1. The van der Waals surface area contributed by atoms with Crippen LogP contribution >= 0.6 is 0 Å². The maximum absolute atomic E-state index is 11.2. The van der Waals surface area contributed by atoms with Gasteiger partial charge in [0.25, 0.3) is 0 Å². The average Bonchev–Trinajstić information content (AvgIpc) is 2.87. The van der Waals surface area contributed by atoms with Crippen molar-refractivity contribution >= 4 is 5.97 Å². The molecule has 36 heavy (non-hydrogen) atoms. The Morgan fingerprint density at radius 3 is 1.14 bits per heavy atom. The number of rotatable bonds is 30. The van der Waals surface area contributed by atoms with Gasteiger partial charge in [0.05, 0.1) is 46.2 Å². The van der Waals surface area contributed by atoms with Crippen molar-refractivity contribution in [2.45, 2.75) is 117 Å². The van der Waals surface area contributed by atoms with Crippen molar-refractivity contribution in [3.05, 3.63) is 12.2 Å². The molecular weight excluding hydrogens is 456 g/mol. The number of hydrogen-bond donors (Lipinski definition) is 0. The first kappa shape index (κ1) is 35.0. The molecule has 0 radical (unpaired) electrons. The number of carbonyl (C=O) groups is 1. The molecule has 0 saturated carbocycles. The van der Waals surface area contributed by atoms with Crippen LogP contribution in [0, 0.1) is 0 Å². The highest BCUT2D eigenvalue weighted by Crippen LogP contribution is 2.13. The summed E-state index contributed by atoms with van der Waals surface area (Å²) in [5, 5.41) is 0. The molecule has 0 saturated heterocycles. The molecule has 0 aromatic rings. The molecule has 0 N–H and O–H groups in total. The van der Waals surface area contributed by atoms with E-state index in [1.54, 1.807) is 6.92 Å². The van der Waals surface area contributed by atoms with Crippen LogP contribution in [-0.4, -0.2) is 65.4 Å². The summed E-state index contributed by atoms with van der Waals surface area (Å²) in [7, 11) is 0. The summed E-state index contributed by atoms with van der Waals surface area (Å²) in [5.41, 5.74) is 0.393. The van der Waals surface area contributed by atoms with Crippen LogP contribution in [-0.2, 0) is 28.5 Å². The van der Waals surface area contributed by atoms with Gasteiger partial charge < -0.3 is 23.7 Å². The summed E-state index contributed by atoms with van der Waals surface area (Å²) in [6, 6.07) is 0. The number of carbonyl (C=O) groups excluding carboxylic acids is 1. The van der Waals surface area contributed by atoms with Gasteiger partial charge in [-0.15, -0.1) is 0 Å². The summed E-state index contributed by atoms with van der Waals surface area (Å²) < 4.78 is 26.8. The molecular formula is C30H58O6. The Balaban J connectivity index is 3.05. The van der Waals surface area contributed by atoms with Gasteiger partial charge in [-0.1, -0.05) is 110 Å². The van der Waals surface area contributed by atoms with Crippen LogP contribution in [0.1, 0.15) is 117 Å². The van der Waals surface area contributed by atoms with Gasteiger partial charge in [-0.05, 0) is 13.3 Å². The van der Waals surface area contributed by atoms with Crippen LogP contribution in [0.4, 0.5) is 0 Å². The van der Waals surface area contributed by atoms with Gasteiger partial charge in [0.15, 0.2) is 0 Å². The molecule has 0 atom stereocenters. The van der Waals surface area contributed by atoms with Crippen LogP contribution in [0.5, 0.6) is 0 Å². The standard InChI is InChI=1S/C30H58O6/c1-4-5-6-7-8-9-10-11-12-13-14-15-16-17-18-19-20-32-21-22-33-23-24-34-25-26-35-27-28-36-30(31)29(2)3/h2,4-28H2,1,3H3. The Kier molecular flexibility index (Phi) is 29.5. The van der Waals surface area contributed by atoms with E-state index in [4.69, 9.17) is 23.7 Å². The Labute approximate surface area is 222 Å². The minimum Gasteiger partial charge on any atom is -0.460 e. The second-order valence-corrected chi connectivity index (χ2v) is 9.67. The summed E-state index contributed by atoms with van der Waals surface area (Å²) >= 11 is 0. The lowest BCUT2D eigenvalue weighted by atomic mass is 10.0. The largest absolute Gasteiger partial charge is 0.460 e. The Bertz CT molecular complexity index is 468. The SMILES string of the molecule is C=C(C)C(=O)OCCOCCOCCOCCOCCCCCCCCCCCCCCCCCC. The normalized spacial score (nSPS) is 11.2. The molecule has 6 heteroatoms. The Morgan fingerprint density at radius 2 is 0.778 bits per heavy atom. The van der Waals surface area contributed by atoms with Crippen molar-refractivity contribution in [1.82, 2.24) is 0 Å². The van der Waals surface area contributed by atoms with E-state index in [1.807, 2.05) is 0 Å². The Hall–Kier alpha value is -0.950. The first-order valence-corrected chi connectivity index (χ1v) is 14.8. The van der Waals surface area contributed by atoms with Crippen molar-refractivity contribution in [3.8, 4) is 0 Å². The van der Waals surface area contributed by atoms with Gasteiger partial charge in [-0.3, -0.25) is 0 Å². The smallest absolute Gasteiger partial charge is 0.333 e. The molecule has 214 valence electrons. The van der Waals surface area contributed by atoms with Gasteiger partial charge in [0.2, 0.25) is 0 Å². The second kappa shape index (κ2) is 30.3. The molecule has 0 unspecified atom stereocenters. The number of hydrogen-bond acceptors (Lipinski definition) is 6. The second-order valence-electron chi connectivity index (χ2n) is 9.67. The van der Waals surface area contributed by atoms with E-state index in [-0.39, 0.29) is 12.6 Å². The van der Waals surface area contributed by atoms with Gasteiger partial charge in [-0.2, -0.15) is 0 Å². The summed E-state index contributed by atoms with van der Waals surface area (Å²) in [5.74, 6) is -0.388. The molecule has 0 fully saturated rings. The average molecular weight is 515 g/mol. The first-order valence-electron chi connectivity index (χ1n) is 14.8. The predicted octanol–water partition coefficient (Wildman–Crippen LogP) is 7.43. The molecule has 6 nitrogen and oxygen atoms in total. The Morgan fingerprint density at radius 1 is 0.472 bits per heavy atom. The van der Waals surface area contributed by atoms with Crippen molar-refractivity contribution in [3.63, 3.8) is 0 Å². The highest BCUT2D eigenvalue weighted by Gasteiger charge is 2.01. The molecule has 0 heterocycles. The lowest BCUT2D eigenvalue weighted by Gasteiger charge is -2.08. The fourth-order valence-corrected chi connectivity index (χ4v) is 3.83. The third-order valence-electron chi connectivity index (χ3n) is 6.07. The fraction of sp³-hybridized carbons (Fsp3) is 0.900. The van der Waals surface area contributed by atoms with Crippen LogP contribution < -0.4 is 0 Å². The topological polar surface area (TPSA) is 63.2 Å². The molecule has 0 aliphatic heterocycles. The summed E-state index contributed by atoms with van der Waals surface area (Å²) in [4.78, 5) is 11.2. The number of unbranched alkanes of at least 4 members (excludes halogenated alkanes) is 15. The highest BCUT2D eigenvalue weighted by molar-refractivity contribution is 5.86. The van der Waals surface area contributed by atoms with E-state index in [2.05, 4.69) is 13.5 Å². The zero-order valence-corrected chi connectivity index (χ0v) is 23.8.